The van der Waals surface area contributed by atoms with Crippen LogP contribution in [0.25, 0.3) is 5.82 Å². The molecule has 5 nitrogen and oxygen atoms in total. The third-order valence-electron chi connectivity index (χ3n) is 2.85. The third kappa shape index (κ3) is 3.50. The topological polar surface area (TPSA) is 55.6 Å². The van der Waals surface area contributed by atoms with Gasteiger partial charge in [0.2, 0.25) is 5.95 Å². The van der Waals surface area contributed by atoms with E-state index in [2.05, 4.69) is 36.3 Å². The summed E-state index contributed by atoms with van der Waals surface area (Å²) in [5.74, 6) is 0.451. The second-order valence-electron chi connectivity index (χ2n) is 4.50. The van der Waals surface area contributed by atoms with Crippen molar-refractivity contribution in [2.75, 3.05) is 5.32 Å². The van der Waals surface area contributed by atoms with Gasteiger partial charge in [0.15, 0.2) is 11.5 Å². The van der Waals surface area contributed by atoms with Gasteiger partial charge in [-0.3, -0.25) is 0 Å². The molecule has 2 aromatic heterocycles. The number of hydrogen-bond donors (Lipinski definition) is 1. The lowest BCUT2D eigenvalue weighted by Gasteiger charge is -2.08. The van der Waals surface area contributed by atoms with E-state index in [-0.39, 0.29) is 11.8 Å². The highest BCUT2D eigenvalue weighted by molar-refractivity contribution is 9.10. The minimum absolute atomic E-state index is 0.203. The predicted molar refractivity (Wildman–Crippen MR) is 81.6 cm³/mol. The van der Waals surface area contributed by atoms with Crippen LogP contribution >= 0.6 is 15.9 Å². The Labute approximate surface area is 137 Å². The fraction of sp³-hybridized carbons (Fsp3) is 0.0714. The van der Waals surface area contributed by atoms with Crippen molar-refractivity contribution in [3.8, 4) is 5.82 Å². The molecule has 0 aliphatic rings. The first kappa shape index (κ1) is 15.5. The van der Waals surface area contributed by atoms with Crippen molar-refractivity contribution in [1.29, 1.82) is 0 Å². The summed E-state index contributed by atoms with van der Waals surface area (Å²) in [4.78, 5) is 8.28. The van der Waals surface area contributed by atoms with Crippen LogP contribution in [0.5, 0.6) is 0 Å². The molecule has 2 heterocycles. The lowest BCUT2D eigenvalue weighted by molar-refractivity contribution is -0.141. The molecular weight excluding hydrogens is 375 g/mol. The number of rotatable bonds is 3. The Kier molecular flexibility index (Phi) is 4.03. The zero-order valence-corrected chi connectivity index (χ0v) is 13.0. The highest BCUT2D eigenvalue weighted by Gasteiger charge is 2.33. The van der Waals surface area contributed by atoms with Gasteiger partial charge in [0.25, 0.3) is 0 Å². The number of para-hydroxylation sites is 1. The largest absolute Gasteiger partial charge is 0.435 e. The molecule has 0 radical (unpaired) electrons. The number of aromatic nitrogens is 4. The van der Waals surface area contributed by atoms with Crippen LogP contribution < -0.4 is 5.32 Å². The minimum atomic E-state index is -4.50. The smallest absolute Gasteiger partial charge is 0.324 e. The van der Waals surface area contributed by atoms with Crippen molar-refractivity contribution < 1.29 is 13.2 Å². The summed E-state index contributed by atoms with van der Waals surface area (Å²) < 4.78 is 39.4. The zero-order valence-electron chi connectivity index (χ0n) is 11.4. The fourth-order valence-corrected chi connectivity index (χ4v) is 2.20. The van der Waals surface area contributed by atoms with Gasteiger partial charge in [-0.1, -0.05) is 18.2 Å². The molecular formula is C14H9BrF3N5. The molecule has 0 fully saturated rings. The van der Waals surface area contributed by atoms with Gasteiger partial charge in [0.1, 0.15) is 0 Å². The van der Waals surface area contributed by atoms with Gasteiger partial charge < -0.3 is 5.32 Å². The van der Waals surface area contributed by atoms with Gasteiger partial charge in [-0.25, -0.2) is 9.67 Å². The van der Waals surface area contributed by atoms with Gasteiger partial charge in [0.05, 0.1) is 4.47 Å². The molecule has 1 aromatic carbocycles. The summed E-state index contributed by atoms with van der Waals surface area (Å²) in [6.45, 7) is 0. The molecule has 0 bridgehead atoms. The summed E-state index contributed by atoms with van der Waals surface area (Å²) in [5.41, 5.74) is -0.224. The van der Waals surface area contributed by atoms with Gasteiger partial charge in [-0.2, -0.15) is 23.3 Å². The highest BCUT2D eigenvalue weighted by Crippen LogP contribution is 2.28. The van der Waals surface area contributed by atoms with E-state index >= 15 is 0 Å². The molecule has 9 heteroatoms. The Morgan fingerprint density at radius 3 is 2.48 bits per heavy atom. The first-order valence-electron chi connectivity index (χ1n) is 6.41. The molecule has 0 spiro atoms. The summed E-state index contributed by atoms with van der Waals surface area (Å²) in [5, 5.41) is 6.48. The second-order valence-corrected chi connectivity index (χ2v) is 5.35. The summed E-state index contributed by atoms with van der Waals surface area (Å²) in [6.07, 6.45) is -1.86. The highest BCUT2D eigenvalue weighted by atomic mass is 79.9. The third-order valence-corrected chi connectivity index (χ3v) is 3.41. The van der Waals surface area contributed by atoms with E-state index in [9.17, 15) is 13.2 Å². The number of hydrogen-bond acceptors (Lipinski definition) is 4. The Morgan fingerprint density at radius 1 is 1.09 bits per heavy atom. The van der Waals surface area contributed by atoms with Crippen LogP contribution in [-0.4, -0.2) is 19.7 Å². The number of halogens is 4. The van der Waals surface area contributed by atoms with Crippen LogP contribution in [0.2, 0.25) is 0 Å². The average molecular weight is 384 g/mol. The molecule has 1 N–H and O–H groups in total. The van der Waals surface area contributed by atoms with Crippen molar-refractivity contribution in [2.24, 2.45) is 0 Å². The molecule has 118 valence electrons. The molecule has 0 aliphatic heterocycles. The maximum atomic E-state index is 12.7. The SMILES string of the molecule is FC(F)(F)c1ccn(-c2nc(Nc3ccccc3)ncc2Br)n1. The van der Waals surface area contributed by atoms with Gasteiger partial charge in [-0.15, -0.1) is 0 Å². The van der Waals surface area contributed by atoms with E-state index in [1.807, 2.05) is 30.3 Å². The van der Waals surface area contributed by atoms with Gasteiger partial charge in [-0.05, 0) is 34.1 Å². The lowest BCUT2D eigenvalue weighted by atomic mass is 10.3. The average Bonchev–Trinajstić information content (AvgIpc) is 3.00. The number of nitrogens with one attached hydrogen (secondary N) is 1. The number of benzene rings is 1. The molecule has 0 atom stereocenters. The van der Waals surface area contributed by atoms with Gasteiger partial charge >= 0.3 is 6.18 Å². The Bertz CT molecular complexity index is 817. The van der Waals surface area contributed by atoms with Crippen LogP contribution in [0.4, 0.5) is 24.8 Å². The van der Waals surface area contributed by atoms with Gasteiger partial charge in [0, 0.05) is 18.1 Å². The van der Waals surface area contributed by atoms with E-state index in [0.717, 1.165) is 16.4 Å². The van der Waals surface area contributed by atoms with E-state index < -0.39 is 11.9 Å². The van der Waals surface area contributed by atoms with Crippen LogP contribution in [0.3, 0.4) is 0 Å². The first-order chi connectivity index (χ1) is 10.9. The maximum absolute atomic E-state index is 12.7. The minimum Gasteiger partial charge on any atom is -0.324 e. The molecule has 0 amide bonds. The number of nitrogens with zero attached hydrogens (tertiary/aromatic N) is 4. The van der Waals surface area contributed by atoms with Crippen molar-refractivity contribution in [3.63, 3.8) is 0 Å². The van der Waals surface area contributed by atoms with Crippen molar-refractivity contribution in [2.45, 2.75) is 6.18 Å². The van der Waals surface area contributed by atoms with E-state index in [1.54, 1.807) is 0 Å². The molecule has 3 aromatic rings. The van der Waals surface area contributed by atoms with E-state index in [0.29, 0.717) is 4.47 Å². The molecule has 23 heavy (non-hydrogen) atoms. The van der Waals surface area contributed by atoms with Crippen molar-refractivity contribution in [1.82, 2.24) is 19.7 Å². The zero-order chi connectivity index (χ0) is 16.4. The second kappa shape index (κ2) is 5.99. The van der Waals surface area contributed by atoms with Crippen molar-refractivity contribution in [3.05, 3.63) is 59.0 Å². The number of alkyl halides is 3. The van der Waals surface area contributed by atoms with E-state index in [4.69, 9.17) is 0 Å². The maximum Gasteiger partial charge on any atom is 0.435 e. The lowest BCUT2D eigenvalue weighted by Crippen LogP contribution is -2.09. The number of anilines is 2. The molecule has 3 rings (SSSR count). The summed E-state index contributed by atoms with van der Waals surface area (Å²) >= 11 is 3.22. The normalized spacial score (nSPS) is 11.5. The molecule has 0 unspecified atom stereocenters. The van der Waals surface area contributed by atoms with Crippen LogP contribution in [-0.2, 0) is 6.18 Å². The standard InChI is InChI=1S/C14H9BrF3N5/c15-10-8-19-13(20-9-4-2-1-3-5-9)21-12(10)23-7-6-11(22-23)14(16,17)18/h1-8H,(H,19,20,21). The van der Waals surface area contributed by atoms with Crippen LogP contribution in [0, 0.1) is 0 Å². The quantitative estimate of drug-likeness (QED) is 0.736. The van der Waals surface area contributed by atoms with Crippen LogP contribution in [0.1, 0.15) is 5.69 Å². The summed E-state index contributed by atoms with van der Waals surface area (Å²) in [7, 11) is 0. The van der Waals surface area contributed by atoms with E-state index in [1.165, 1.54) is 12.4 Å². The first-order valence-corrected chi connectivity index (χ1v) is 7.20. The Morgan fingerprint density at radius 2 is 1.83 bits per heavy atom. The summed E-state index contributed by atoms with van der Waals surface area (Å²) in [6, 6.07) is 10.1. The molecule has 0 saturated carbocycles. The Balaban J connectivity index is 1.93. The van der Waals surface area contributed by atoms with Crippen LogP contribution in [0.15, 0.2) is 53.3 Å². The molecule has 0 saturated heterocycles. The molecule has 0 aliphatic carbocycles. The predicted octanol–water partition coefficient (Wildman–Crippen LogP) is 4.19. The Hall–Kier alpha value is -2.42. The fourth-order valence-electron chi connectivity index (χ4n) is 1.82. The monoisotopic (exact) mass is 383 g/mol. The van der Waals surface area contributed by atoms with Crippen molar-refractivity contribution >= 4 is 27.6 Å².